The van der Waals surface area contributed by atoms with Gasteiger partial charge in [0.05, 0.1) is 18.6 Å². The van der Waals surface area contributed by atoms with Gasteiger partial charge in [-0.05, 0) is 18.9 Å². The van der Waals surface area contributed by atoms with E-state index in [0.717, 1.165) is 5.56 Å². The Bertz CT molecular complexity index is 460. The van der Waals surface area contributed by atoms with Crippen molar-refractivity contribution in [1.82, 2.24) is 10.6 Å². The van der Waals surface area contributed by atoms with Gasteiger partial charge < -0.3 is 21.2 Å². The van der Waals surface area contributed by atoms with Crippen LogP contribution in [0.15, 0.2) is 30.3 Å². The molecular weight excluding hydrogens is 258 g/mol. The van der Waals surface area contributed by atoms with Gasteiger partial charge in [0.1, 0.15) is 6.29 Å². The molecule has 0 saturated carbocycles. The average Bonchev–Trinajstić information content (AvgIpc) is 2.44. The second-order valence-electron chi connectivity index (χ2n) is 4.51. The van der Waals surface area contributed by atoms with Crippen LogP contribution in [0.25, 0.3) is 0 Å². The minimum atomic E-state index is -0.672. The van der Waals surface area contributed by atoms with Crippen molar-refractivity contribution in [3.63, 3.8) is 0 Å². The highest BCUT2D eigenvalue weighted by molar-refractivity contribution is 5.88. The molecule has 0 bridgehead atoms. The van der Waals surface area contributed by atoms with E-state index >= 15 is 0 Å². The molecule has 4 N–H and O–H groups in total. The molecule has 0 spiro atoms. The van der Waals surface area contributed by atoms with Crippen molar-refractivity contribution in [2.45, 2.75) is 25.4 Å². The Morgan fingerprint density at radius 2 is 1.95 bits per heavy atom. The van der Waals surface area contributed by atoms with Crippen LogP contribution in [-0.4, -0.2) is 36.7 Å². The van der Waals surface area contributed by atoms with Crippen molar-refractivity contribution in [2.24, 2.45) is 5.73 Å². The summed E-state index contributed by atoms with van der Waals surface area (Å²) in [5.74, 6) is -0.835. The van der Waals surface area contributed by atoms with Gasteiger partial charge in [-0.25, -0.2) is 0 Å². The predicted octanol–water partition coefficient (Wildman–Crippen LogP) is -0.624. The van der Waals surface area contributed by atoms with Crippen LogP contribution in [0.2, 0.25) is 0 Å². The molecule has 1 aromatic rings. The standard InChI is InChI=1S/C14H19N3O3/c1-10(15)14(20)16-8-13(19)17-12(9-18)7-11-5-3-2-4-6-11/h2-6,9-10,12H,7-8,15H2,1H3,(H,16,20)(H,17,19). The lowest BCUT2D eigenvalue weighted by Gasteiger charge is -2.13. The summed E-state index contributed by atoms with van der Waals surface area (Å²) >= 11 is 0. The fraction of sp³-hybridized carbons (Fsp3) is 0.357. The Hall–Kier alpha value is -2.21. The summed E-state index contributed by atoms with van der Waals surface area (Å²) in [6, 6.07) is 8.07. The maximum atomic E-state index is 11.6. The molecule has 6 heteroatoms. The highest BCUT2D eigenvalue weighted by Crippen LogP contribution is 2.01. The number of amides is 2. The number of aldehydes is 1. The van der Waals surface area contributed by atoms with Crippen LogP contribution in [0, 0.1) is 0 Å². The molecule has 20 heavy (non-hydrogen) atoms. The van der Waals surface area contributed by atoms with Gasteiger partial charge in [0, 0.05) is 0 Å². The molecule has 0 aliphatic rings. The minimum Gasteiger partial charge on any atom is -0.346 e. The lowest BCUT2D eigenvalue weighted by molar-refractivity contribution is -0.127. The van der Waals surface area contributed by atoms with Crippen LogP contribution in [0.3, 0.4) is 0 Å². The first-order valence-corrected chi connectivity index (χ1v) is 6.34. The maximum absolute atomic E-state index is 11.6. The molecule has 0 aliphatic heterocycles. The van der Waals surface area contributed by atoms with E-state index in [2.05, 4.69) is 10.6 Å². The summed E-state index contributed by atoms with van der Waals surface area (Å²) in [7, 11) is 0. The summed E-state index contributed by atoms with van der Waals surface area (Å²) in [5, 5.41) is 4.93. The van der Waals surface area contributed by atoms with Gasteiger partial charge in [0.25, 0.3) is 0 Å². The smallest absolute Gasteiger partial charge is 0.239 e. The van der Waals surface area contributed by atoms with Crippen molar-refractivity contribution in [1.29, 1.82) is 0 Å². The third-order valence-corrected chi connectivity index (χ3v) is 2.65. The molecule has 2 amide bonds. The van der Waals surface area contributed by atoms with E-state index in [-0.39, 0.29) is 6.54 Å². The van der Waals surface area contributed by atoms with Gasteiger partial charge in [-0.2, -0.15) is 0 Å². The zero-order valence-electron chi connectivity index (χ0n) is 11.3. The normalized spacial score (nSPS) is 13.1. The van der Waals surface area contributed by atoms with Gasteiger partial charge in [-0.15, -0.1) is 0 Å². The molecule has 0 fully saturated rings. The Kier molecular flexibility index (Phi) is 6.39. The van der Waals surface area contributed by atoms with Crippen molar-refractivity contribution in [3.05, 3.63) is 35.9 Å². The third-order valence-electron chi connectivity index (χ3n) is 2.65. The van der Waals surface area contributed by atoms with Gasteiger partial charge in [-0.1, -0.05) is 30.3 Å². The molecule has 108 valence electrons. The molecule has 2 unspecified atom stereocenters. The summed E-state index contributed by atoms with van der Waals surface area (Å²) < 4.78 is 0. The van der Waals surface area contributed by atoms with Gasteiger partial charge in [-0.3, -0.25) is 9.59 Å². The number of hydrogen-bond acceptors (Lipinski definition) is 4. The molecular formula is C14H19N3O3. The van der Waals surface area contributed by atoms with E-state index in [1.165, 1.54) is 6.92 Å². The van der Waals surface area contributed by atoms with Crippen LogP contribution in [0.5, 0.6) is 0 Å². The van der Waals surface area contributed by atoms with Crippen LogP contribution in [0.1, 0.15) is 12.5 Å². The average molecular weight is 277 g/mol. The van der Waals surface area contributed by atoms with E-state index in [1.54, 1.807) is 0 Å². The van der Waals surface area contributed by atoms with Crippen molar-refractivity contribution >= 4 is 18.1 Å². The number of nitrogens with one attached hydrogen (secondary N) is 2. The van der Waals surface area contributed by atoms with E-state index in [9.17, 15) is 14.4 Å². The van der Waals surface area contributed by atoms with E-state index in [4.69, 9.17) is 5.73 Å². The monoisotopic (exact) mass is 277 g/mol. The van der Waals surface area contributed by atoms with E-state index < -0.39 is 23.9 Å². The number of nitrogens with two attached hydrogens (primary N) is 1. The molecule has 0 saturated heterocycles. The molecule has 0 radical (unpaired) electrons. The molecule has 6 nitrogen and oxygen atoms in total. The number of carbonyl (C=O) groups excluding carboxylic acids is 3. The molecule has 0 aliphatic carbocycles. The Morgan fingerprint density at radius 3 is 2.50 bits per heavy atom. The highest BCUT2D eigenvalue weighted by Gasteiger charge is 2.13. The zero-order valence-corrected chi connectivity index (χ0v) is 11.3. The topological polar surface area (TPSA) is 101 Å². The SMILES string of the molecule is CC(N)C(=O)NCC(=O)NC(C=O)Cc1ccccc1. The van der Waals surface area contributed by atoms with Crippen LogP contribution in [-0.2, 0) is 20.8 Å². The fourth-order valence-corrected chi connectivity index (χ4v) is 1.59. The molecule has 1 rings (SSSR count). The second kappa shape index (κ2) is 8.06. The first-order valence-electron chi connectivity index (χ1n) is 6.34. The first kappa shape index (κ1) is 15.8. The minimum absolute atomic E-state index is 0.195. The lowest BCUT2D eigenvalue weighted by atomic mass is 10.1. The quantitative estimate of drug-likeness (QED) is 0.578. The van der Waals surface area contributed by atoms with Gasteiger partial charge in [0.15, 0.2) is 0 Å². The second-order valence-corrected chi connectivity index (χ2v) is 4.51. The Labute approximate surface area is 117 Å². The van der Waals surface area contributed by atoms with E-state index in [1.807, 2.05) is 30.3 Å². The molecule has 0 heterocycles. The summed E-state index contributed by atoms with van der Waals surface area (Å²) in [6.07, 6.45) is 1.09. The van der Waals surface area contributed by atoms with Crippen molar-refractivity contribution in [3.8, 4) is 0 Å². The number of rotatable bonds is 7. The van der Waals surface area contributed by atoms with Crippen molar-refractivity contribution < 1.29 is 14.4 Å². The maximum Gasteiger partial charge on any atom is 0.239 e. The fourth-order valence-electron chi connectivity index (χ4n) is 1.59. The van der Waals surface area contributed by atoms with Crippen LogP contribution in [0.4, 0.5) is 0 Å². The first-order chi connectivity index (χ1) is 9.52. The number of carbonyl (C=O) groups is 3. The van der Waals surface area contributed by atoms with Crippen LogP contribution < -0.4 is 16.4 Å². The lowest BCUT2D eigenvalue weighted by Crippen LogP contribution is -2.46. The summed E-state index contributed by atoms with van der Waals surface area (Å²) in [6.45, 7) is 1.33. The van der Waals surface area contributed by atoms with Gasteiger partial charge >= 0.3 is 0 Å². The summed E-state index contributed by atoms with van der Waals surface area (Å²) in [4.78, 5) is 33.8. The Morgan fingerprint density at radius 1 is 1.30 bits per heavy atom. The van der Waals surface area contributed by atoms with Gasteiger partial charge in [0.2, 0.25) is 11.8 Å². The van der Waals surface area contributed by atoms with Crippen LogP contribution >= 0.6 is 0 Å². The largest absolute Gasteiger partial charge is 0.346 e. The van der Waals surface area contributed by atoms with Crippen molar-refractivity contribution in [2.75, 3.05) is 6.54 Å². The predicted molar refractivity (Wildman–Crippen MR) is 74.8 cm³/mol. The number of benzene rings is 1. The number of hydrogen-bond donors (Lipinski definition) is 3. The zero-order chi connectivity index (χ0) is 15.0. The third kappa shape index (κ3) is 5.62. The summed E-state index contributed by atoms with van der Waals surface area (Å²) in [5.41, 5.74) is 6.30. The molecule has 1 aromatic carbocycles. The Balaban J connectivity index is 2.42. The highest BCUT2D eigenvalue weighted by atomic mass is 16.2. The molecule has 2 atom stereocenters. The van der Waals surface area contributed by atoms with E-state index in [0.29, 0.717) is 12.7 Å². The molecule has 0 aromatic heterocycles.